The molecule has 1 rings (SSSR count). The van der Waals surface area contributed by atoms with Crippen LogP contribution in [0, 0.1) is 0 Å². The van der Waals surface area contributed by atoms with E-state index >= 15 is 0 Å². The monoisotopic (exact) mass is 176 g/mol. The number of unbranched alkanes of at least 4 members (excludes halogenated alkanes) is 2. The zero-order chi connectivity index (χ0) is 9.23. The predicted molar refractivity (Wildman–Crippen MR) is 48.0 cm³/mol. The maximum Gasteiger partial charge on any atom is 0.155 e. The summed E-state index contributed by atoms with van der Waals surface area (Å²) < 4.78 is 9.86. The van der Waals surface area contributed by atoms with Gasteiger partial charge in [0, 0.05) is 6.61 Å². The molecular formula is C9H20O3. The highest BCUT2D eigenvalue weighted by Gasteiger charge is 2.07. The molecule has 0 amide bonds. The Kier molecular flexibility index (Phi) is 8.88. The first kappa shape index (κ1) is 11.9. The average Bonchev–Trinajstić information content (AvgIpc) is 2.53. The maximum atomic E-state index is 8.20. The van der Waals surface area contributed by atoms with Gasteiger partial charge in [-0.2, -0.15) is 0 Å². The predicted octanol–water partition coefficient (Wildman–Crippen LogP) is 1.55. The quantitative estimate of drug-likeness (QED) is 0.663. The highest BCUT2D eigenvalue weighted by atomic mass is 16.7. The number of rotatable bonds is 3. The molecule has 1 aliphatic heterocycles. The van der Waals surface area contributed by atoms with E-state index in [1.165, 1.54) is 6.42 Å². The molecule has 74 valence electrons. The van der Waals surface area contributed by atoms with Crippen LogP contribution in [0.1, 0.15) is 33.1 Å². The van der Waals surface area contributed by atoms with Gasteiger partial charge in [0.15, 0.2) is 6.29 Å². The van der Waals surface area contributed by atoms with E-state index in [9.17, 15) is 0 Å². The second-order valence-corrected chi connectivity index (χ2v) is 2.74. The van der Waals surface area contributed by atoms with Gasteiger partial charge >= 0.3 is 0 Å². The van der Waals surface area contributed by atoms with Crippen LogP contribution in [0.25, 0.3) is 0 Å². The lowest BCUT2D eigenvalue weighted by atomic mass is 10.3. The summed E-state index contributed by atoms with van der Waals surface area (Å²) in [6.07, 6.45) is 3.37. The van der Waals surface area contributed by atoms with E-state index in [0.717, 1.165) is 26.1 Å². The van der Waals surface area contributed by atoms with Crippen molar-refractivity contribution in [2.45, 2.75) is 39.4 Å². The summed E-state index contributed by atoms with van der Waals surface area (Å²) in [6, 6.07) is 0. The van der Waals surface area contributed by atoms with Gasteiger partial charge in [-0.1, -0.05) is 19.8 Å². The molecule has 1 heterocycles. The van der Waals surface area contributed by atoms with Crippen molar-refractivity contribution in [2.75, 3.05) is 19.8 Å². The highest BCUT2D eigenvalue weighted by molar-refractivity contribution is 4.40. The minimum absolute atomic E-state index is 0.0463. The second-order valence-electron chi connectivity index (χ2n) is 2.74. The Bertz CT molecular complexity index is 75.8. The van der Waals surface area contributed by atoms with Gasteiger partial charge in [0.25, 0.3) is 0 Å². The third-order valence-corrected chi connectivity index (χ3v) is 1.55. The summed E-state index contributed by atoms with van der Waals surface area (Å²) in [5, 5.41) is 8.20. The third kappa shape index (κ3) is 7.98. The van der Waals surface area contributed by atoms with Crippen LogP contribution in [0.4, 0.5) is 0 Å². The molecule has 0 spiro atoms. The molecule has 1 saturated heterocycles. The average molecular weight is 176 g/mol. The summed E-state index contributed by atoms with van der Waals surface area (Å²) in [6.45, 7) is 5.90. The minimum Gasteiger partial charge on any atom is -0.396 e. The molecule has 0 aliphatic carbocycles. The largest absolute Gasteiger partial charge is 0.396 e. The van der Waals surface area contributed by atoms with Gasteiger partial charge in [-0.15, -0.1) is 0 Å². The van der Waals surface area contributed by atoms with Gasteiger partial charge in [0.05, 0.1) is 13.2 Å². The number of hydrogen-bond acceptors (Lipinski definition) is 3. The molecule has 0 atom stereocenters. The topological polar surface area (TPSA) is 38.7 Å². The molecule has 0 aromatic carbocycles. The number of aliphatic hydroxyl groups excluding tert-OH is 1. The molecule has 1 fully saturated rings. The molecule has 0 aromatic heterocycles. The summed E-state index contributed by atoms with van der Waals surface area (Å²) in [7, 11) is 0. The fourth-order valence-electron chi connectivity index (χ4n) is 0.838. The van der Waals surface area contributed by atoms with E-state index in [4.69, 9.17) is 14.6 Å². The van der Waals surface area contributed by atoms with E-state index in [2.05, 4.69) is 6.92 Å². The van der Waals surface area contributed by atoms with Crippen LogP contribution in [-0.2, 0) is 9.47 Å². The molecule has 3 heteroatoms. The van der Waals surface area contributed by atoms with Crippen molar-refractivity contribution in [2.24, 2.45) is 0 Å². The lowest BCUT2D eigenvalue weighted by molar-refractivity contribution is -0.0254. The molecule has 0 aromatic rings. The van der Waals surface area contributed by atoms with Crippen LogP contribution in [0.3, 0.4) is 0 Å². The van der Waals surface area contributed by atoms with Crippen molar-refractivity contribution in [1.29, 1.82) is 0 Å². The summed E-state index contributed by atoms with van der Waals surface area (Å²) in [5.41, 5.74) is 0. The molecule has 0 radical (unpaired) electrons. The van der Waals surface area contributed by atoms with Crippen molar-refractivity contribution in [3.05, 3.63) is 0 Å². The van der Waals surface area contributed by atoms with Gasteiger partial charge in [0.2, 0.25) is 0 Å². The molecule has 0 saturated carbocycles. The van der Waals surface area contributed by atoms with Crippen molar-refractivity contribution in [1.82, 2.24) is 0 Å². The molecule has 0 bridgehead atoms. The van der Waals surface area contributed by atoms with Crippen LogP contribution in [0.15, 0.2) is 0 Å². The first-order valence-electron chi connectivity index (χ1n) is 4.65. The van der Waals surface area contributed by atoms with E-state index in [1.54, 1.807) is 0 Å². The van der Waals surface area contributed by atoms with Crippen molar-refractivity contribution in [3.63, 3.8) is 0 Å². The molecule has 12 heavy (non-hydrogen) atoms. The Morgan fingerprint density at radius 3 is 2.00 bits per heavy atom. The van der Waals surface area contributed by atoms with E-state index in [-0.39, 0.29) is 6.29 Å². The van der Waals surface area contributed by atoms with Crippen LogP contribution in [-0.4, -0.2) is 31.2 Å². The molecular weight excluding hydrogens is 156 g/mol. The van der Waals surface area contributed by atoms with E-state index in [1.807, 2.05) is 6.92 Å². The smallest absolute Gasteiger partial charge is 0.155 e. The van der Waals surface area contributed by atoms with Crippen molar-refractivity contribution in [3.8, 4) is 0 Å². The first-order valence-corrected chi connectivity index (χ1v) is 4.65. The lowest BCUT2D eigenvalue weighted by Crippen LogP contribution is -1.97. The normalized spacial score (nSPS) is 17.2. The Morgan fingerprint density at radius 2 is 1.83 bits per heavy atom. The SMILES string of the molecule is CC1OCCO1.CCCCCO. The fraction of sp³-hybridized carbons (Fsp3) is 1.00. The summed E-state index contributed by atoms with van der Waals surface area (Å²) in [4.78, 5) is 0. The van der Waals surface area contributed by atoms with E-state index in [0.29, 0.717) is 6.61 Å². The Balaban J connectivity index is 0.000000202. The van der Waals surface area contributed by atoms with Gasteiger partial charge in [-0.3, -0.25) is 0 Å². The summed E-state index contributed by atoms with van der Waals surface area (Å²) in [5.74, 6) is 0. The zero-order valence-corrected chi connectivity index (χ0v) is 8.08. The Morgan fingerprint density at radius 1 is 1.25 bits per heavy atom. The molecule has 0 unspecified atom stereocenters. The second kappa shape index (κ2) is 8.97. The van der Waals surface area contributed by atoms with Crippen LogP contribution >= 0.6 is 0 Å². The fourth-order valence-corrected chi connectivity index (χ4v) is 0.838. The number of hydrogen-bond donors (Lipinski definition) is 1. The van der Waals surface area contributed by atoms with E-state index < -0.39 is 0 Å². The Hall–Kier alpha value is -0.120. The lowest BCUT2D eigenvalue weighted by Gasteiger charge is -1.94. The minimum atomic E-state index is 0.0463. The maximum absolute atomic E-state index is 8.20. The number of aliphatic hydroxyl groups is 1. The standard InChI is InChI=1S/C5H12O.C4H8O2/c1-2-3-4-5-6;1-4-5-2-3-6-4/h6H,2-5H2,1H3;4H,2-3H2,1H3. The molecule has 1 N–H and O–H groups in total. The van der Waals surface area contributed by atoms with Crippen molar-refractivity contribution >= 4 is 0 Å². The van der Waals surface area contributed by atoms with Crippen LogP contribution in [0.5, 0.6) is 0 Å². The van der Waals surface area contributed by atoms with Gasteiger partial charge in [0.1, 0.15) is 0 Å². The first-order chi connectivity index (χ1) is 5.81. The highest BCUT2D eigenvalue weighted by Crippen LogP contribution is 1.99. The van der Waals surface area contributed by atoms with Crippen molar-refractivity contribution < 1.29 is 14.6 Å². The van der Waals surface area contributed by atoms with Crippen LogP contribution < -0.4 is 0 Å². The molecule has 3 nitrogen and oxygen atoms in total. The summed E-state index contributed by atoms with van der Waals surface area (Å²) >= 11 is 0. The van der Waals surface area contributed by atoms with Crippen LogP contribution in [0.2, 0.25) is 0 Å². The Labute approximate surface area is 74.7 Å². The van der Waals surface area contributed by atoms with Gasteiger partial charge in [-0.25, -0.2) is 0 Å². The number of ether oxygens (including phenoxy) is 2. The van der Waals surface area contributed by atoms with Gasteiger partial charge < -0.3 is 14.6 Å². The third-order valence-electron chi connectivity index (χ3n) is 1.55. The van der Waals surface area contributed by atoms with Gasteiger partial charge in [-0.05, 0) is 13.3 Å². The molecule has 1 aliphatic rings. The zero-order valence-electron chi connectivity index (χ0n) is 8.08.